The van der Waals surface area contributed by atoms with Crippen LogP contribution in [0.25, 0.3) is 0 Å². The molecule has 0 aliphatic carbocycles. The van der Waals surface area contributed by atoms with E-state index in [0.29, 0.717) is 32.2 Å². The third-order valence-electron chi connectivity index (χ3n) is 11.1. The quantitative estimate of drug-likeness (QED) is 0.0322. The summed E-state index contributed by atoms with van der Waals surface area (Å²) in [6, 6.07) is -0.856. The van der Waals surface area contributed by atoms with Crippen LogP contribution in [0.2, 0.25) is 0 Å². The van der Waals surface area contributed by atoms with Gasteiger partial charge in [0.1, 0.15) is 12.1 Å². The predicted octanol–water partition coefficient (Wildman–Crippen LogP) is 13.8. The predicted molar refractivity (Wildman–Crippen MR) is 234 cm³/mol. The molecule has 0 fully saturated rings. The van der Waals surface area contributed by atoms with E-state index in [4.69, 9.17) is 10.5 Å². The molecule has 0 aromatic rings. The largest absolute Gasteiger partial charge is 0.480 e. The maximum absolute atomic E-state index is 12.8. The minimum atomic E-state index is -1.00. The number of rotatable bonds is 44. The summed E-state index contributed by atoms with van der Waals surface area (Å²) < 4.78 is 6.05. The highest BCUT2D eigenvalue weighted by atomic mass is 16.5. The SMILES string of the molecule is CCCCCCCC/C=C\CCCC(CCCCCCCC(=O)NC(CCCN)C(=O)O)OC(=O)CCCCCCCCCCCCCCCCCCCC. The fraction of sp³-hybridized carbons (Fsp3) is 0.896. The Hall–Kier alpha value is -1.89. The maximum atomic E-state index is 12.8. The molecular formula is C48H92N2O5. The topological polar surface area (TPSA) is 119 Å². The number of aliphatic carboxylic acids is 1. The van der Waals surface area contributed by atoms with Crippen molar-refractivity contribution in [3.63, 3.8) is 0 Å². The fourth-order valence-corrected chi connectivity index (χ4v) is 7.45. The number of hydrogen-bond donors (Lipinski definition) is 3. The molecule has 0 spiro atoms. The van der Waals surface area contributed by atoms with Crippen molar-refractivity contribution in [2.75, 3.05) is 6.54 Å². The first-order valence-electron chi connectivity index (χ1n) is 24.0. The molecule has 7 heteroatoms. The Balaban J connectivity index is 4.23. The van der Waals surface area contributed by atoms with Crippen molar-refractivity contribution in [1.29, 1.82) is 0 Å². The molecule has 0 heterocycles. The number of allylic oxidation sites excluding steroid dienone is 2. The van der Waals surface area contributed by atoms with Gasteiger partial charge >= 0.3 is 11.9 Å². The Morgan fingerprint density at radius 1 is 0.509 bits per heavy atom. The lowest BCUT2D eigenvalue weighted by atomic mass is 10.0. The molecule has 0 saturated carbocycles. The van der Waals surface area contributed by atoms with Gasteiger partial charge in [-0.15, -0.1) is 0 Å². The minimum absolute atomic E-state index is 0.0118. The number of ether oxygens (including phenoxy) is 1. The van der Waals surface area contributed by atoms with Gasteiger partial charge in [0, 0.05) is 12.8 Å². The molecule has 0 bridgehead atoms. The van der Waals surface area contributed by atoms with Crippen LogP contribution in [0.1, 0.15) is 258 Å². The van der Waals surface area contributed by atoms with Crippen LogP contribution in [0, 0.1) is 0 Å². The first-order chi connectivity index (χ1) is 26.9. The highest BCUT2D eigenvalue weighted by Gasteiger charge is 2.19. The van der Waals surface area contributed by atoms with E-state index in [-0.39, 0.29) is 18.0 Å². The van der Waals surface area contributed by atoms with E-state index in [9.17, 15) is 19.5 Å². The number of amides is 1. The third kappa shape index (κ3) is 40.1. The molecule has 2 atom stereocenters. The van der Waals surface area contributed by atoms with E-state index < -0.39 is 12.0 Å². The zero-order chi connectivity index (χ0) is 40.3. The van der Waals surface area contributed by atoms with Gasteiger partial charge in [-0.05, 0) is 77.2 Å². The molecular weight excluding hydrogens is 685 g/mol. The van der Waals surface area contributed by atoms with Crippen LogP contribution < -0.4 is 11.1 Å². The number of nitrogens with one attached hydrogen (secondary N) is 1. The summed E-state index contributed by atoms with van der Waals surface area (Å²) in [7, 11) is 0. The molecule has 2 unspecified atom stereocenters. The van der Waals surface area contributed by atoms with Crippen LogP contribution in [-0.2, 0) is 19.1 Å². The molecule has 1 amide bonds. The van der Waals surface area contributed by atoms with E-state index >= 15 is 0 Å². The van der Waals surface area contributed by atoms with Gasteiger partial charge in [-0.3, -0.25) is 9.59 Å². The van der Waals surface area contributed by atoms with Crippen LogP contribution in [0.3, 0.4) is 0 Å². The summed E-state index contributed by atoms with van der Waals surface area (Å²) in [5, 5.41) is 11.9. The first-order valence-corrected chi connectivity index (χ1v) is 24.0. The average Bonchev–Trinajstić information content (AvgIpc) is 3.17. The molecule has 0 radical (unpaired) electrons. The highest BCUT2D eigenvalue weighted by Crippen LogP contribution is 2.19. The number of unbranched alkanes of at least 4 members (excludes halogenated alkanes) is 28. The minimum Gasteiger partial charge on any atom is -0.480 e. The van der Waals surface area contributed by atoms with Crippen molar-refractivity contribution >= 4 is 17.8 Å². The molecule has 55 heavy (non-hydrogen) atoms. The Labute approximate surface area is 340 Å². The smallest absolute Gasteiger partial charge is 0.326 e. The molecule has 0 aromatic heterocycles. The second kappa shape index (κ2) is 43.2. The van der Waals surface area contributed by atoms with Crippen molar-refractivity contribution < 1.29 is 24.2 Å². The van der Waals surface area contributed by atoms with Crippen LogP contribution in [0.4, 0.5) is 0 Å². The van der Waals surface area contributed by atoms with Gasteiger partial charge < -0.3 is 20.9 Å². The monoisotopic (exact) mass is 777 g/mol. The van der Waals surface area contributed by atoms with E-state index in [1.54, 1.807) is 0 Å². The number of carbonyl (C=O) groups excluding carboxylic acids is 2. The van der Waals surface area contributed by atoms with Crippen LogP contribution in [-0.4, -0.2) is 41.6 Å². The average molecular weight is 777 g/mol. The molecule has 4 N–H and O–H groups in total. The lowest BCUT2D eigenvalue weighted by Crippen LogP contribution is -2.40. The van der Waals surface area contributed by atoms with Crippen molar-refractivity contribution in [2.24, 2.45) is 5.73 Å². The number of carbonyl (C=O) groups is 3. The van der Waals surface area contributed by atoms with Crippen molar-refractivity contribution in [3.8, 4) is 0 Å². The van der Waals surface area contributed by atoms with Crippen LogP contribution >= 0.6 is 0 Å². The lowest BCUT2D eigenvalue weighted by Gasteiger charge is -2.18. The van der Waals surface area contributed by atoms with Gasteiger partial charge in [-0.2, -0.15) is 0 Å². The van der Waals surface area contributed by atoms with E-state index in [1.807, 2.05) is 0 Å². The summed E-state index contributed by atoms with van der Waals surface area (Å²) in [4.78, 5) is 36.4. The number of hydrogen-bond acceptors (Lipinski definition) is 5. The molecule has 0 aliphatic heterocycles. The lowest BCUT2D eigenvalue weighted by molar-refractivity contribution is -0.150. The van der Waals surface area contributed by atoms with Gasteiger partial charge in [-0.1, -0.05) is 187 Å². The number of carboxylic acid groups (broad SMARTS) is 1. The van der Waals surface area contributed by atoms with Crippen molar-refractivity contribution in [3.05, 3.63) is 12.2 Å². The molecule has 0 rings (SSSR count). The summed E-state index contributed by atoms with van der Waals surface area (Å²) in [6.07, 6.45) is 48.4. The number of esters is 1. The van der Waals surface area contributed by atoms with Gasteiger partial charge in [0.2, 0.25) is 5.91 Å². The summed E-state index contributed by atoms with van der Waals surface area (Å²) in [5.41, 5.74) is 5.49. The fourth-order valence-electron chi connectivity index (χ4n) is 7.45. The highest BCUT2D eigenvalue weighted by molar-refractivity contribution is 5.83. The van der Waals surface area contributed by atoms with Crippen LogP contribution in [0.15, 0.2) is 12.2 Å². The number of nitrogens with two attached hydrogens (primary N) is 1. The van der Waals surface area contributed by atoms with Gasteiger partial charge in [-0.25, -0.2) is 4.79 Å². The Morgan fingerprint density at radius 2 is 0.909 bits per heavy atom. The first kappa shape index (κ1) is 53.1. The molecule has 0 aromatic carbocycles. The van der Waals surface area contributed by atoms with Crippen molar-refractivity contribution in [1.82, 2.24) is 5.32 Å². The molecule has 0 aliphatic rings. The molecule has 0 saturated heterocycles. The maximum Gasteiger partial charge on any atom is 0.326 e. The summed E-state index contributed by atoms with van der Waals surface area (Å²) in [5.74, 6) is -1.24. The number of carboxylic acids is 1. The van der Waals surface area contributed by atoms with Gasteiger partial charge in [0.05, 0.1) is 0 Å². The van der Waals surface area contributed by atoms with E-state index in [1.165, 1.54) is 148 Å². The molecule has 324 valence electrons. The summed E-state index contributed by atoms with van der Waals surface area (Å²) in [6.45, 7) is 4.96. The molecule has 7 nitrogen and oxygen atoms in total. The van der Waals surface area contributed by atoms with Gasteiger partial charge in [0.25, 0.3) is 0 Å². The standard InChI is InChI=1S/C48H92N2O5/c1-3-5-7-9-11-13-15-16-17-18-19-20-21-23-25-27-32-36-42-47(52)55-44(38-33-29-26-24-22-14-12-10-8-6-4-2)39-34-30-28-31-35-41-46(51)50-45(48(53)54)40-37-43-49/h24,26,44-45H,3-23,25,27-43,49H2,1-2H3,(H,50,51)(H,53,54)/b26-24-. The van der Waals surface area contributed by atoms with E-state index in [2.05, 4.69) is 31.3 Å². The van der Waals surface area contributed by atoms with Crippen LogP contribution in [0.5, 0.6) is 0 Å². The van der Waals surface area contributed by atoms with Crippen molar-refractivity contribution in [2.45, 2.75) is 270 Å². The second-order valence-corrected chi connectivity index (χ2v) is 16.5. The second-order valence-electron chi connectivity index (χ2n) is 16.5. The Kier molecular flexibility index (Phi) is 41.8. The zero-order valence-corrected chi connectivity index (χ0v) is 36.5. The Morgan fingerprint density at radius 3 is 1.38 bits per heavy atom. The van der Waals surface area contributed by atoms with Gasteiger partial charge in [0.15, 0.2) is 0 Å². The van der Waals surface area contributed by atoms with E-state index in [0.717, 1.165) is 70.6 Å². The summed E-state index contributed by atoms with van der Waals surface area (Å²) >= 11 is 0. The zero-order valence-electron chi connectivity index (χ0n) is 36.5. The third-order valence-corrected chi connectivity index (χ3v) is 11.1. The normalized spacial score (nSPS) is 12.6. The Bertz CT molecular complexity index is 878.